The molecule has 274 valence electrons. The van der Waals surface area contributed by atoms with Crippen LogP contribution in [0.1, 0.15) is 34.6 Å². The molecule has 1 aliphatic carbocycles. The second-order valence-corrected chi connectivity index (χ2v) is 15.2. The molecule has 8 aromatic carbocycles. The van der Waals surface area contributed by atoms with Gasteiger partial charge in [-0.3, -0.25) is 0 Å². The summed E-state index contributed by atoms with van der Waals surface area (Å²) in [6, 6.07) is 69.3. The topological polar surface area (TPSA) is 37.9 Å². The normalized spacial score (nSPS) is 14.9. The van der Waals surface area contributed by atoms with E-state index in [1.54, 1.807) is 0 Å². The van der Waals surface area contributed by atoms with Crippen LogP contribution < -0.4 is 0 Å². The van der Waals surface area contributed by atoms with Gasteiger partial charge >= 0.3 is 0 Å². The van der Waals surface area contributed by atoms with Crippen molar-refractivity contribution in [3.8, 4) is 44.5 Å². The fourth-order valence-electron chi connectivity index (χ4n) is 8.88. The minimum absolute atomic E-state index is 0.0406. The maximum absolute atomic E-state index is 6.33. The number of para-hydroxylation sites is 1. The Morgan fingerprint density at radius 1 is 0.431 bits per heavy atom. The molecule has 1 aliphatic heterocycles. The van der Waals surface area contributed by atoms with Crippen molar-refractivity contribution >= 4 is 39.2 Å². The Hall–Kier alpha value is -7.36. The zero-order valence-corrected chi connectivity index (χ0v) is 31.8. The van der Waals surface area contributed by atoms with Gasteiger partial charge in [-0.25, -0.2) is 9.98 Å². The predicted octanol–water partition coefficient (Wildman–Crippen LogP) is 14.2. The van der Waals surface area contributed by atoms with E-state index in [0.29, 0.717) is 6.42 Å². The van der Waals surface area contributed by atoms with Crippen molar-refractivity contribution in [3.05, 3.63) is 222 Å². The van der Waals surface area contributed by atoms with Crippen LogP contribution in [0.15, 0.2) is 215 Å². The van der Waals surface area contributed by atoms with Crippen LogP contribution in [-0.4, -0.2) is 11.5 Å². The highest BCUT2D eigenvalue weighted by atomic mass is 16.3. The maximum atomic E-state index is 6.33. The molecule has 0 fully saturated rings. The molecule has 0 N–H and O–H groups in total. The number of hydrogen-bond donors (Lipinski definition) is 0. The highest BCUT2D eigenvalue weighted by molar-refractivity contribution is 6.15. The molecule has 9 aromatic rings. The SMILES string of the molecule is C1=C(c2cccc3oc4ccccc4c23)N=C(C2Cc3ccc(-c4cc(-c5ccccc5)cc(-c5ccccc5)c4)cc3-c3ccccc32)N=C(c2ccccc2)C1. The molecule has 2 heterocycles. The van der Waals surface area contributed by atoms with Crippen molar-refractivity contribution in [3.63, 3.8) is 0 Å². The monoisotopic (exact) mass is 742 g/mol. The van der Waals surface area contributed by atoms with E-state index in [1.165, 1.54) is 55.6 Å². The van der Waals surface area contributed by atoms with E-state index in [-0.39, 0.29) is 5.92 Å². The Kier molecular flexibility index (Phi) is 8.36. The summed E-state index contributed by atoms with van der Waals surface area (Å²) in [5, 5.41) is 2.18. The molecule has 3 heteroatoms. The van der Waals surface area contributed by atoms with Gasteiger partial charge in [0.05, 0.1) is 11.4 Å². The van der Waals surface area contributed by atoms with Crippen molar-refractivity contribution < 1.29 is 4.42 Å². The highest BCUT2D eigenvalue weighted by Gasteiger charge is 2.30. The minimum Gasteiger partial charge on any atom is -0.456 e. The van der Waals surface area contributed by atoms with Gasteiger partial charge in [0.15, 0.2) is 0 Å². The van der Waals surface area contributed by atoms with E-state index in [1.807, 2.05) is 12.1 Å². The van der Waals surface area contributed by atoms with Crippen molar-refractivity contribution in [1.82, 2.24) is 0 Å². The third-order valence-corrected chi connectivity index (χ3v) is 11.7. The van der Waals surface area contributed by atoms with Gasteiger partial charge < -0.3 is 4.42 Å². The molecule has 58 heavy (non-hydrogen) atoms. The number of furan rings is 1. The van der Waals surface area contributed by atoms with Gasteiger partial charge in [-0.2, -0.15) is 0 Å². The van der Waals surface area contributed by atoms with Gasteiger partial charge in [-0.05, 0) is 104 Å². The standard InChI is InChI=1S/C55H38N2O/c1-4-15-36(16-5-1)41-31-42(37-17-6-2-7-18-37)33-43(32-41)39-27-28-40-35-49(45-22-11-10-21-44(45)48(40)34-39)55-56-50(38-19-8-3-9-20-38)29-30-51(57-55)46-24-14-26-53-54(46)47-23-12-13-25-52(47)58-53/h1-28,30-34,49H,29,35H2. The van der Waals surface area contributed by atoms with Gasteiger partial charge in [-0.1, -0.05) is 164 Å². The molecule has 3 nitrogen and oxygen atoms in total. The molecule has 11 rings (SSSR count). The van der Waals surface area contributed by atoms with E-state index in [4.69, 9.17) is 14.4 Å². The zero-order chi connectivity index (χ0) is 38.4. The molecule has 0 radical (unpaired) electrons. The molecule has 0 saturated carbocycles. The number of allylic oxidation sites excluding steroid dienone is 1. The lowest BCUT2D eigenvalue weighted by molar-refractivity contribution is 0.669. The van der Waals surface area contributed by atoms with Crippen molar-refractivity contribution in [2.24, 2.45) is 9.98 Å². The maximum Gasteiger partial charge on any atom is 0.137 e. The molecule has 1 aromatic heterocycles. The van der Waals surface area contributed by atoms with Gasteiger partial charge in [0.25, 0.3) is 0 Å². The number of fused-ring (bicyclic) bond motifs is 6. The average Bonchev–Trinajstić information content (AvgIpc) is 3.54. The number of rotatable bonds is 6. The van der Waals surface area contributed by atoms with Crippen molar-refractivity contribution in [2.45, 2.75) is 18.8 Å². The number of amidine groups is 1. The molecule has 0 spiro atoms. The molecule has 1 unspecified atom stereocenters. The van der Waals surface area contributed by atoms with Crippen LogP contribution in [0.2, 0.25) is 0 Å². The Morgan fingerprint density at radius 2 is 1.03 bits per heavy atom. The molecule has 1 atom stereocenters. The van der Waals surface area contributed by atoms with Crippen molar-refractivity contribution in [2.75, 3.05) is 0 Å². The summed E-state index contributed by atoms with van der Waals surface area (Å²) in [7, 11) is 0. The van der Waals surface area contributed by atoms with Crippen LogP contribution in [0, 0.1) is 0 Å². The number of nitrogens with zero attached hydrogens (tertiary/aromatic N) is 2. The second kappa shape index (κ2) is 14.3. The molecular weight excluding hydrogens is 705 g/mol. The third-order valence-electron chi connectivity index (χ3n) is 11.7. The largest absolute Gasteiger partial charge is 0.456 e. The van der Waals surface area contributed by atoms with Crippen LogP contribution in [0.4, 0.5) is 0 Å². The summed E-state index contributed by atoms with van der Waals surface area (Å²) in [5.41, 5.74) is 18.1. The zero-order valence-electron chi connectivity index (χ0n) is 31.8. The van der Waals surface area contributed by atoms with Gasteiger partial charge in [0.2, 0.25) is 0 Å². The lowest BCUT2D eigenvalue weighted by atomic mass is 9.77. The second-order valence-electron chi connectivity index (χ2n) is 15.2. The van der Waals surface area contributed by atoms with Crippen LogP contribution >= 0.6 is 0 Å². The summed E-state index contributed by atoms with van der Waals surface area (Å²) >= 11 is 0. The number of aliphatic imine (C=N–C) groups is 2. The Labute approximate surface area is 338 Å². The summed E-state index contributed by atoms with van der Waals surface area (Å²) in [4.78, 5) is 11.0. The molecule has 0 saturated heterocycles. The summed E-state index contributed by atoms with van der Waals surface area (Å²) in [6.07, 6.45) is 3.71. The smallest absolute Gasteiger partial charge is 0.137 e. The quantitative estimate of drug-likeness (QED) is 0.167. The third kappa shape index (κ3) is 6.09. The van der Waals surface area contributed by atoms with E-state index in [0.717, 1.165) is 56.7 Å². The Bertz CT molecular complexity index is 3040. The lowest BCUT2D eigenvalue weighted by Crippen LogP contribution is -2.20. The number of hydrogen-bond acceptors (Lipinski definition) is 3. The summed E-state index contributed by atoms with van der Waals surface area (Å²) in [5.74, 6) is 0.791. The highest BCUT2D eigenvalue weighted by Crippen LogP contribution is 2.44. The Morgan fingerprint density at radius 3 is 1.78 bits per heavy atom. The average molecular weight is 743 g/mol. The minimum atomic E-state index is -0.0406. The van der Waals surface area contributed by atoms with E-state index in [2.05, 4.69) is 188 Å². The molecular formula is C55H38N2O. The van der Waals surface area contributed by atoms with Crippen LogP contribution in [0.5, 0.6) is 0 Å². The first-order valence-electron chi connectivity index (χ1n) is 20.0. The van der Waals surface area contributed by atoms with E-state index >= 15 is 0 Å². The van der Waals surface area contributed by atoms with Crippen LogP contribution in [-0.2, 0) is 6.42 Å². The molecule has 2 aliphatic rings. The van der Waals surface area contributed by atoms with E-state index < -0.39 is 0 Å². The van der Waals surface area contributed by atoms with Gasteiger partial charge in [0.1, 0.15) is 17.0 Å². The molecule has 0 amide bonds. The first-order chi connectivity index (χ1) is 28.7. The number of benzene rings is 8. The first kappa shape index (κ1) is 33.9. The summed E-state index contributed by atoms with van der Waals surface area (Å²) in [6.45, 7) is 0. The summed E-state index contributed by atoms with van der Waals surface area (Å²) < 4.78 is 6.33. The van der Waals surface area contributed by atoms with Crippen molar-refractivity contribution in [1.29, 1.82) is 0 Å². The first-order valence-corrected chi connectivity index (χ1v) is 20.0. The van der Waals surface area contributed by atoms with Crippen LogP contribution in [0.25, 0.3) is 72.1 Å². The predicted molar refractivity (Wildman–Crippen MR) is 241 cm³/mol. The van der Waals surface area contributed by atoms with Gasteiger partial charge in [0, 0.05) is 28.7 Å². The lowest BCUT2D eigenvalue weighted by Gasteiger charge is -2.28. The fraction of sp³-hybridized carbons (Fsp3) is 0.0545. The fourth-order valence-corrected chi connectivity index (χ4v) is 8.88. The Balaban J connectivity index is 1.04. The van der Waals surface area contributed by atoms with Crippen LogP contribution in [0.3, 0.4) is 0 Å². The van der Waals surface area contributed by atoms with E-state index in [9.17, 15) is 0 Å². The molecule has 0 bridgehead atoms. The van der Waals surface area contributed by atoms with Gasteiger partial charge in [-0.15, -0.1) is 0 Å².